The standard InChI is InChI=1S/C31H20BrClN4O5S/c32-19-13-15-20(16-14-19)35-28(38)21-8-2-4-10-23(21)36-29(39)30(40)37-34-17-18-7-1-5-11-24(18)42-31(41)27-26(33)22-9-3-6-12-25(22)43-27/h1-17H,(H,35,38)(H,36,39)(H,37,40)/b34-17+. The van der Waals surface area contributed by atoms with E-state index in [-0.39, 0.29) is 21.9 Å². The van der Waals surface area contributed by atoms with Crippen LogP contribution in [0.2, 0.25) is 5.02 Å². The summed E-state index contributed by atoms with van der Waals surface area (Å²) in [7, 11) is 0. The summed E-state index contributed by atoms with van der Waals surface area (Å²) in [4.78, 5) is 51.0. The van der Waals surface area contributed by atoms with E-state index in [1.165, 1.54) is 29.7 Å². The van der Waals surface area contributed by atoms with Gasteiger partial charge in [0.25, 0.3) is 5.91 Å². The van der Waals surface area contributed by atoms with Crippen molar-refractivity contribution in [2.24, 2.45) is 5.10 Å². The van der Waals surface area contributed by atoms with E-state index < -0.39 is 23.7 Å². The van der Waals surface area contributed by atoms with Crippen molar-refractivity contribution in [1.29, 1.82) is 0 Å². The van der Waals surface area contributed by atoms with Crippen LogP contribution >= 0.6 is 38.9 Å². The number of thiophene rings is 1. The van der Waals surface area contributed by atoms with Gasteiger partial charge < -0.3 is 15.4 Å². The molecule has 5 rings (SSSR count). The molecular formula is C31H20BrClN4O5S. The summed E-state index contributed by atoms with van der Waals surface area (Å²) in [6, 6.07) is 27.2. The second-order valence-electron chi connectivity index (χ2n) is 8.83. The maximum Gasteiger partial charge on any atom is 0.355 e. The highest BCUT2D eigenvalue weighted by atomic mass is 79.9. The molecular weight excluding hydrogens is 656 g/mol. The number of hydrazone groups is 1. The highest BCUT2D eigenvalue weighted by molar-refractivity contribution is 9.10. The van der Waals surface area contributed by atoms with Crippen LogP contribution in [-0.2, 0) is 9.59 Å². The van der Waals surface area contributed by atoms with Crippen molar-refractivity contribution < 1.29 is 23.9 Å². The van der Waals surface area contributed by atoms with Gasteiger partial charge in [0, 0.05) is 25.8 Å². The Labute approximate surface area is 262 Å². The summed E-state index contributed by atoms with van der Waals surface area (Å²) in [5.41, 5.74) is 3.35. The molecule has 0 fully saturated rings. The number of anilines is 2. The predicted molar refractivity (Wildman–Crippen MR) is 171 cm³/mol. The molecule has 0 radical (unpaired) electrons. The van der Waals surface area contributed by atoms with E-state index in [0.29, 0.717) is 16.3 Å². The molecule has 0 aliphatic rings. The topological polar surface area (TPSA) is 126 Å². The number of nitrogens with one attached hydrogen (secondary N) is 3. The zero-order valence-corrected chi connectivity index (χ0v) is 25.1. The SMILES string of the molecule is O=C(N/N=C/c1ccccc1OC(=O)c1sc2ccccc2c1Cl)C(=O)Nc1ccccc1C(=O)Nc1ccc(Br)cc1. The molecule has 0 aliphatic heterocycles. The number of para-hydroxylation sites is 2. The fourth-order valence-electron chi connectivity index (χ4n) is 3.88. The summed E-state index contributed by atoms with van der Waals surface area (Å²) < 4.78 is 7.28. The van der Waals surface area contributed by atoms with Crippen molar-refractivity contribution >= 4 is 90.2 Å². The normalized spacial score (nSPS) is 10.8. The lowest BCUT2D eigenvalue weighted by Gasteiger charge is -2.11. The second kappa shape index (κ2) is 13.4. The number of carbonyl (C=O) groups is 4. The highest BCUT2D eigenvalue weighted by Gasteiger charge is 2.20. The zero-order valence-electron chi connectivity index (χ0n) is 22.0. The number of halogens is 2. The Bertz CT molecular complexity index is 1890. The van der Waals surface area contributed by atoms with Crippen molar-refractivity contribution in [2.45, 2.75) is 0 Å². The smallest absolute Gasteiger partial charge is 0.355 e. The van der Waals surface area contributed by atoms with E-state index in [1.807, 2.05) is 24.3 Å². The first-order valence-electron chi connectivity index (χ1n) is 12.6. The molecule has 0 saturated carbocycles. The number of fused-ring (bicyclic) bond motifs is 1. The van der Waals surface area contributed by atoms with Crippen LogP contribution in [0, 0.1) is 0 Å². The first kappa shape index (κ1) is 29.6. The van der Waals surface area contributed by atoms with Crippen LogP contribution in [-0.4, -0.2) is 29.9 Å². The highest BCUT2D eigenvalue weighted by Crippen LogP contribution is 2.36. The van der Waals surface area contributed by atoms with Crippen LogP contribution < -0.4 is 20.8 Å². The molecule has 0 unspecified atom stereocenters. The lowest BCUT2D eigenvalue weighted by atomic mass is 10.1. The lowest BCUT2D eigenvalue weighted by Crippen LogP contribution is -2.33. The quantitative estimate of drug-likeness (QED) is 0.0570. The van der Waals surface area contributed by atoms with Gasteiger partial charge >= 0.3 is 17.8 Å². The summed E-state index contributed by atoms with van der Waals surface area (Å²) in [6.07, 6.45) is 1.24. The summed E-state index contributed by atoms with van der Waals surface area (Å²) >= 11 is 11.0. The Kier molecular flexibility index (Phi) is 9.26. The number of esters is 1. The van der Waals surface area contributed by atoms with Crippen molar-refractivity contribution in [3.05, 3.63) is 123 Å². The molecule has 43 heavy (non-hydrogen) atoms. The molecule has 1 aromatic heterocycles. The Morgan fingerprint density at radius 3 is 2.30 bits per heavy atom. The van der Waals surface area contributed by atoms with Crippen molar-refractivity contribution in [1.82, 2.24) is 5.43 Å². The maximum absolute atomic E-state index is 12.9. The molecule has 0 atom stereocenters. The predicted octanol–water partition coefficient (Wildman–Crippen LogP) is 6.88. The van der Waals surface area contributed by atoms with Crippen molar-refractivity contribution in [3.63, 3.8) is 0 Å². The Morgan fingerprint density at radius 2 is 1.51 bits per heavy atom. The molecule has 0 spiro atoms. The number of benzene rings is 4. The van der Waals surface area contributed by atoms with Crippen LogP contribution in [0.1, 0.15) is 25.6 Å². The Balaban J connectivity index is 1.22. The second-order valence-corrected chi connectivity index (χ2v) is 11.2. The number of carbonyl (C=O) groups excluding carboxylic acids is 4. The minimum atomic E-state index is -1.08. The fourth-order valence-corrected chi connectivity index (χ4v) is 5.53. The van der Waals surface area contributed by atoms with E-state index in [4.69, 9.17) is 16.3 Å². The third kappa shape index (κ3) is 7.15. The maximum atomic E-state index is 12.9. The summed E-state index contributed by atoms with van der Waals surface area (Å²) in [5, 5.41) is 10.1. The zero-order chi connectivity index (χ0) is 30.3. The first-order chi connectivity index (χ1) is 20.8. The van der Waals surface area contributed by atoms with Crippen molar-refractivity contribution in [2.75, 3.05) is 10.6 Å². The molecule has 1 heterocycles. The number of rotatable bonds is 7. The monoisotopic (exact) mass is 674 g/mol. The molecule has 0 bridgehead atoms. The molecule has 3 amide bonds. The van der Waals surface area contributed by atoms with Gasteiger partial charge in [0.1, 0.15) is 10.6 Å². The van der Waals surface area contributed by atoms with Gasteiger partial charge in [-0.15, -0.1) is 11.3 Å². The van der Waals surface area contributed by atoms with Gasteiger partial charge in [0.05, 0.1) is 22.5 Å². The van der Waals surface area contributed by atoms with Gasteiger partial charge in [0.2, 0.25) is 0 Å². The molecule has 12 heteroatoms. The van der Waals surface area contributed by atoms with E-state index >= 15 is 0 Å². The fraction of sp³-hybridized carbons (Fsp3) is 0. The van der Waals surface area contributed by atoms with Crippen molar-refractivity contribution in [3.8, 4) is 5.75 Å². The van der Waals surface area contributed by atoms with E-state index in [2.05, 4.69) is 37.1 Å². The molecule has 214 valence electrons. The van der Waals surface area contributed by atoms with Crippen LogP contribution in [0.5, 0.6) is 5.75 Å². The first-order valence-corrected chi connectivity index (χ1v) is 14.6. The number of ether oxygens (including phenoxy) is 1. The van der Waals surface area contributed by atoms with Gasteiger partial charge in [-0.25, -0.2) is 10.2 Å². The minimum absolute atomic E-state index is 0.137. The number of hydrogen-bond acceptors (Lipinski definition) is 7. The Morgan fingerprint density at radius 1 is 0.814 bits per heavy atom. The van der Waals surface area contributed by atoms with E-state index in [1.54, 1.807) is 60.7 Å². The molecule has 5 aromatic rings. The van der Waals surface area contributed by atoms with Gasteiger partial charge in [0.15, 0.2) is 0 Å². The third-order valence-corrected chi connectivity index (χ3v) is 8.12. The lowest BCUT2D eigenvalue weighted by molar-refractivity contribution is -0.136. The minimum Gasteiger partial charge on any atom is -0.422 e. The summed E-state index contributed by atoms with van der Waals surface area (Å²) in [5.74, 6) is -3.06. The van der Waals surface area contributed by atoms with E-state index in [0.717, 1.165) is 14.6 Å². The number of amides is 3. The molecule has 0 saturated heterocycles. The van der Waals surface area contributed by atoms with Gasteiger partial charge in [-0.2, -0.15) is 5.10 Å². The van der Waals surface area contributed by atoms with Gasteiger partial charge in [-0.3, -0.25) is 14.4 Å². The average Bonchev–Trinajstić information content (AvgIpc) is 3.35. The molecule has 4 aromatic carbocycles. The summed E-state index contributed by atoms with van der Waals surface area (Å²) in [6.45, 7) is 0. The largest absolute Gasteiger partial charge is 0.422 e. The number of nitrogens with zero attached hydrogens (tertiary/aromatic N) is 1. The van der Waals surface area contributed by atoms with Crippen LogP contribution in [0.3, 0.4) is 0 Å². The number of hydrogen-bond donors (Lipinski definition) is 3. The van der Waals surface area contributed by atoms with Crippen LogP contribution in [0.25, 0.3) is 10.1 Å². The van der Waals surface area contributed by atoms with Crippen LogP contribution in [0.4, 0.5) is 11.4 Å². The molecule has 9 nitrogen and oxygen atoms in total. The molecule has 0 aliphatic carbocycles. The van der Waals surface area contributed by atoms with Gasteiger partial charge in [-0.1, -0.05) is 70.0 Å². The molecule has 3 N–H and O–H groups in total. The Hall–Kier alpha value is -4.84. The van der Waals surface area contributed by atoms with Gasteiger partial charge in [-0.05, 0) is 54.6 Å². The van der Waals surface area contributed by atoms with E-state index in [9.17, 15) is 19.2 Å². The third-order valence-electron chi connectivity index (χ3n) is 5.94. The average molecular weight is 676 g/mol. The van der Waals surface area contributed by atoms with Crippen LogP contribution in [0.15, 0.2) is 107 Å².